The van der Waals surface area contributed by atoms with Gasteiger partial charge in [-0.05, 0) is 37.5 Å². The van der Waals surface area contributed by atoms with Crippen LogP contribution in [0.4, 0.5) is 18.9 Å². The first-order valence-corrected chi connectivity index (χ1v) is 9.75. The lowest BCUT2D eigenvalue weighted by molar-refractivity contribution is -0.137. The highest BCUT2D eigenvalue weighted by Gasteiger charge is 2.49. The van der Waals surface area contributed by atoms with E-state index in [4.69, 9.17) is 13.9 Å². The molecule has 3 heterocycles. The molecule has 2 aliphatic heterocycles. The van der Waals surface area contributed by atoms with Crippen molar-refractivity contribution >= 4 is 22.6 Å². The second-order valence-corrected chi connectivity index (χ2v) is 8.00. The number of anilines is 1. The Morgan fingerprint density at radius 2 is 2.07 bits per heavy atom. The van der Waals surface area contributed by atoms with Crippen molar-refractivity contribution in [3.8, 4) is 0 Å². The van der Waals surface area contributed by atoms with Gasteiger partial charge < -0.3 is 24.1 Å². The molecule has 2 aromatic rings. The van der Waals surface area contributed by atoms with E-state index >= 15 is 0 Å². The van der Waals surface area contributed by atoms with E-state index in [1.165, 1.54) is 6.07 Å². The van der Waals surface area contributed by atoms with E-state index in [2.05, 4.69) is 5.32 Å². The molecule has 2 fully saturated rings. The molecule has 1 aromatic heterocycles. The Kier molecular flexibility index (Phi) is 4.29. The number of rotatable bonds is 3. The maximum atomic E-state index is 13.3. The predicted octanol–water partition coefficient (Wildman–Crippen LogP) is 3.34. The fourth-order valence-electron chi connectivity index (χ4n) is 4.14. The van der Waals surface area contributed by atoms with Crippen molar-refractivity contribution in [2.45, 2.75) is 37.1 Å². The highest BCUT2D eigenvalue weighted by atomic mass is 19.4. The van der Waals surface area contributed by atoms with E-state index in [1.807, 2.05) is 4.90 Å². The number of nitrogens with one attached hydrogen (secondary N) is 1. The number of fused-ring (bicyclic) bond motifs is 3. The van der Waals surface area contributed by atoms with Crippen LogP contribution >= 0.6 is 0 Å². The molecule has 0 unspecified atom stereocenters. The van der Waals surface area contributed by atoms with Gasteiger partial charge >= 0.3 is 6.18 Å². The number of nitrogens with zero attached hydrogens (tertiary/aromatic N) is 1. The molecule has 0 bridgehead atoms. The molecule has 1 aliphatic carbocycles. The lowest BCUT2D eigenvalue weighted by Gasteiger charge is -2.29. The number of halogens is 3. The minimum absolute atomic E-state index is 0.0711. The number of furan rings is 1. The van der Waals surface area contributed by atoms with Crippen molar-refractivity contribution in [1.82, 2.24) is 5.32 Å². The highest BCUT2D eigenvalue weighted by Crippen LogP contribution is 2.45. The molecule has 29 heavy (non-hydrogen) atoms. The zero-order valence-electron chi connectivity index (χ0n) is 15.7. The number of ether oxygens (including phenoxy) is 2. The molecule has 5 rings (SSSR count). The molecule has 9 heteroatoms. The number of carbonyl (C=O) groups is 1. The van der Waals surface area contributed by atoms with Crippen LogP contribution in [0.5, 0.6) is 0 Å². The van der Waals surface area contributed by atoms with Gasteiger partial charge in [-0.1, -0.05) is 0 Å². The van der Waals surface area contributed by atoms with Crippen LogP contribution in [0.15, 0.2) is 22.6 Å². The second kappa shape index (κ2) is 6.63. The largest absolute Gasteiger partial charge is 0.449 e. The third-order valence-corrected chi connectivity index (χ3v) is 5.84. The van der Waals surface area contributed by atoms with Crippen LogP contribution in [0.3, 0.4) is 0 Å². The van der Waals surface area contributed by atoms with Gasteiger partial charge in [0.05, 0.1) is 42.7 Å². The molecular weight excluding hydrogens is 389 g/mol. The maximum Gasteiger partial charge on any atom is 0.416 e. The Bertz CT molecular complexity index is 945. The standard InChI is InChI=1S/C20H21F3N2O4/c21-20(22,23)12-1-2-15-14(9-12)16-17(29-15)18(26)24-19(4-5-19)11-25(16)6-3-13-10-27-7-8-28-13/h1-2,9,13H,3-8,10-11H2,(H,24,26)/t13-/m1/s1. The fourth-order valence-corrected chi connectivity index (χ4v) is 4.14. The normalized spacial score (nSPS) is 23.8. The molecule has 6 nitrogen and oxygen atoms in total. The molecule has 1 aromatic carbocycles. The summed E-state index contributed by atoms with van der Waals surface area (Å²) in [5.74, 6) is -0.300. The van der Waals surface area contributed by atoms with Crippen LogP contribution in [0.25, 0.3) is 11.0 Å². The van der Waals surface area contributed by atoms with Gasteiger partial charge in [-0.15, -0.1) is 0 Å². The minimum atomic E-state index is -4.47. The third-order valence-electron chi connectivity index (χ3n) is 5.84. The monoisotopic (exact) mass is 410 g/mol. The molecule has 156 valence electrons. The number of carbonyl (C=O) groups excluding carboxylic acids is 1. The van der Waals surface area contributed by atoms with Gasteiger partial charge in [0, 0.05) is 18.5 Å². The van der Waals surface area contributed by atoms with Gasteiger partial charge in [0.25, 0.3) is 5.91 Å². The van der Waals surface area contributed by atoms with Crippen molar-refractivity contribution in [2.75, 3.05) is 37.8 Å². The number of amides is 1. The number of benzene rings is 1. The summed E-state index contributed by atoms with van der Waals surface area (Å²) in [7, 11) is 0. The van der Waals surface area contributed by atoms with Crippen molar-refractivity contribution in [1.29, 1.82) is 0 Å². The minimum Gasteiger partial charge on any atom is -0.449 e. The van der Waals surface area contributed by atoms with Crippen LogP contribution in [0.1, 0.15) is 35.4 Å². The summed E-state index contributed by atoms with van der Waals surface area (Å²) in [4.78, 5) is 14.7. The molecule has 1 saturated carbocycles. The second-order valence-electron chi connectivity index (χ2n) is 8.00. The first-order valence-electron chi connectivity index (χ1n) is 9.75. The zero-order chi connectivity index (χ0) is 20.2. The van der Waals surface area contributed by atoms with E-state index in [9.17, 15) is 18.0 Å². The van der Waals surface area contributed by atoms with Crippen LogP contribution in [0.2, 0.25) is 0 Å². The SMILES string of the molecule is O=C1NC2(CC2)CN(CC[C@@H]2COCCO2)c2c1oc1ccc(C(F)(F)F)cc21. The predicted molar refractivity (Wildman–Crippen MR) is 98.0 cm³/mol. The van der Waals surface area contributed by atoms with E-state index < -0.39 is 11.7 Å². The first-order chi connectivity index (χ1) is 13.8. The maximum absolute atomic E-state index is 13.3. The van der Waals surface area contributed by atoms with E-state index in [0.717, 1.165) is 25.0 Å². The van der Waals surface area contributed by atoms with Gasteiger partial charge in [-0.2, -0.15) is 13.2 Å². The highest BCUT2D eigenvalue weighted by molar-refractivity contribution is 6.08. The lowest BCUT2D eigenvalue weighted by atomic mass is 10.1. The average molecular weight is 410 g/mol. The number of hydrogen-bond acceptors (Lipinski definition) is 5. The Hall–Kier alpha value is -2.26. The van der Waals surface area contributed by atoms with Crippen LogP contribution in [0, 0.1) is 0 Å². The van der Waals surface area contributed by atoms with Crippen LogP contribution < -0.4 is 10.2 Å². The summed E-state index contributed by atoms with van der Waals surface area (Å²) >= 11 is 0. The van der Waals surface area contributed by atoms with E-state index in [-0.39, 0.29) is 28.9 Å². The third kappa shape index (κ3) is 3.46. The molecule has 0 radical (unpaired) electrons. The molecular formula is C20H21F3N2O4. The summed E-state index contributed by atoms with van der Waals surface area (Å²) in [5.41, 5.74) is -0.393. The van der Waals surface area contributed by atoms with Gasteiger partial charge in [0.2, 0.25) is 5.76 Å². The van der Waals surface area contributed by atoms with Crippen molar-refractivity contribution in [2.24, 2.45) is 0 Å². The Morgan fingerprint density at radius 3 is 2.76 bits per heavy atom. The van der Waals surface area contributed by atoms with Gasteiger partial charge in [-0.3, -0.25) is 4.79 Å². The molecule has 1 spiro atoms. The fraction of sp³-hybridized carbons (Fsp3) is 0.550. The molecule has 1 saturated heterocycles. The quantitative estimate of drug-likeness (QED) is 0.841. The van der Waals surface area contributed by atoms with Crippen molar-refractivity contribution in [3.63, 3.8) is 0 Å². The number of alkyl halides is 3. The Balaban J connectivity index is 1.54. The summed E-state index contributed by atoms with van der Waals surface area (Å²) in [6.07, 6.45) is -2.21. The van der Waals surface area contributed by atoms with Crippen LogP contribution in [-0.2, 0) is 15.7 Å². The van der Waals surface area contributed by atoms with E-state index in [1.54, 1.807) is 0 Å². The Labute approximate surface area is 164 Å². The van der Waals surface area contributed by atoms with Crippen molar-refractivity contribution in [3.05, 3.63) is 29.5 Å². The molecule has 1 amide bonds. The van der Waals surface area contributed by atoms with Gasteiger partial charge in [-0.25, -0.2) is 0 Å². The van der Waals surface area contributed by atoms with Gasteiger partial charge in [0.1, 0.15) is 5.58 Å². The van der Waals surface area contributed by atoms with Gasteiger partial charge in [0.15, 0.2) is 0 Å². The molecule has 3 aliphatic rings. The summed E-state index contributed by atoms with van der Waals surface area (Å²) < 4.78 is 56.7. The lowest BCUT2D eigenvalue weighted by Crippen LogP contribution is -2.44. The smallest absolute Gasteiger partial charge is 0.416 e. The molecule has 1 atom stereocenters. The first kappa shape index (κ1) is 18.7. The number of hydrogen-bond donors (Lipinski definition) is 1. The summed E-state index contributed by atoms with van der Waals surface area (Å²) in [6, 6.07) is 3.33. The zero-order valence-corrected chi connectivity index (χ0v) is 15.7. The van der Waals surface area contributed by atoms with E-state index in [0.29, 0.717) is 50.4 Å². The van der Waals surface area contributed by atoms with Crippen LogP contribution in [-0.4, -0.2) is 50.5 Å². The topological polar surface area (TPSA) is 63.9 Å². The summed E-state index contributed by atoms with van der Waals surface area (Å²) in [5, 5.41) is 3.32. The van der Waals surface area contributed by atoms with Crippen molar-refractivity contribution < 1.29 is 31.9 Å². The summed E-state index contributed by atoms with van der Waals surface area (Å²) in [6.45, 7) is 2.65. The molecule has 1 N–H and O–H groups in total. The Morgan fingerprint density at radius 1 is 1.24 bits per heavy atom. The average Bonchev–Trinajstić information content (AvgIpc) is 3.35.